The molecule has 4 heteroatoms. The quantitative estimate of drug-likeness (QED) is 0.878. The molecule has 1 heterocycles. The third kappa shape index (κ3) is 4.25. The van der Waals surface area contributed by atoms with Crippen molar-refractivity contribution in [2.24, 2.45) is 0 Å². The van der Waals surface area contributed by atoms with Gasteiger partial charge in [0.25, 0.3) is 0 Å². The second-order valence-corrected chi connectivity index (χ2v) is 7.06. The number of carbonyl (C=O) groups is 1. The number of rotatable bonds is 5. The fraction of sp³-hybridized carbons (Fsp3) is 0.632. The van der Waals surface area contributed by atoms with Crippen molar-refractivity contribution in [3.8, 4) is 0 Å². The van der Waals surface area contributed by atoms with E-state index in [0.29, 0.717) is 6.54 Å². The molecule has 1 aliphatic carbocycles. The van der Waals surface area contributed by atoms with Crippen molar-refractivity contribution >= 4 is 11.6 Å². The van der Waals surface area contributed by atoms with Crippen molar-refractivity contribution in [3.63, 3.8) is 0 Å². The number of aliphatic hydroxyl groups is 1. The Balaban J connectivity index is 1.58. The van der Waals surface area contributed by atoms with Crippen LogP contribution in [0.5, 0.6) is 0 Å². The Morgan fingerprint density at radius 2 is 1.78 bits per heavy atom. The molecule has 4 nitrogen and oxygen atoms in total. The number of benzene rings is 1. The number of carbonyl (C=O) groups excluding carboxylic acids is 1. The van der Waals surface area contributed by atoms with Crippen molar-refractivity contribution in [2.75, 3.05) is 18.0 Å². The Hall–Kier alpha value is -1.55. The Morgan fingerprint density at radius 1 is 1.09 bits per heavy atom. The molecular weight excluding hydrogens is 288 g/mol. The van der Waals surface area contributed by atoms with Crippen LogP contribution in [0.2, 0.25) is 0 Å². The highest BCUT2D eigenvalue weighted by Gasteiger charge is 2.33. The summed E-state index contributed by atoms with van der Waals surface area (Å²) in [6.07, 6.45) is 7.60. The van der Waals surface area contributed by atoms with E-state index in [9.17, 15) is 9.90 Å². The van der Waals surface area contributed by atoms with Crippen molar-refractivity contribution < 1.29 is 9.90 Å². The minimum absolute atomic E-state index is 0.0390. The number of piperidine rings is 1. The first-order valence-electron chi connectivity index (χ1n) is 8.98. The van der Waals surface area contributed by atoms with Gasteiger partial charge in [-0.2, -0.15) is 0 Å². The van der Waals surface area contributed by atoms with E-state index in [1.807, 2.05) is 6.07 Å². The summed E-state index contributed by atoms with van der Waals surface area (Å²) in [7, 11) is 0. The Bertz CT molecular complexity index is 532. The van der Waals surface area contributed by atoms with E-state index in [-0.39, 0.29) is 12.3 Å². The molecule has 1 aromatic rings. The third-order valence-corrected chi connectivity index (χ3v) is 5.19. The molecule has 0 atom stereocenters. The smallest absolute Gasteiger partial charge is 0.223 e. The monoisotopic (exact) mass is 316 g/mol. The first kappa shape index (κ1) is 16.3. The first-order valence-corrected chi connectivity index (χ1v) is 8.98. The molecule has 23 heavy (non-hydrogen) atoms. The van der Waals surface area contributed by atoms with E-state index in [4.69, 9.17) is 0 Å². The lowest BCUT2D eigenvalue weighted by Crippen LogP contribution is -2.35. The highest BCUT2D eigenvalue weighted by Crippen LogP contribution is 2.32. The number of nitrogens with one attached hydrogen (secondary N) is 1. The molecule has 1 aliphatic heterocycles. The zero-order valence-corrected chi connectivity index (χ0v) is 13.9. The van der Waals surface area contributed by atoms with Gasteiger partial charge in [-0.25, -0.2) is 0 Å². The molecule has 2 aliphatic rings. The van der Waals surface area contributed by atoms with Crippen molar-refractivity contribution in [3.05, 3.63) is 29.8 Å². The van der Waals surface area contributed by atoms with Gasteiger partial charge in [0.05, 0.1) is 12.0 Å². The average Bonchev–Trinajstić information content (AvgIpc) is 3.00. The second kappa shape index (κ2) is 7.35. The van der Waals surface area contributed by atoms with E-state index in [2.05, 4.69) is 28.4 Å². The fourth-order valence-corrected chi connectivity index (χ4v) is 3.87. The van der Waals surface area contributed by atoms with Gasteiger partial charge in [-0.1, -0.05) is 31.0 Å². The van der Waals surface area contributed by atoms with Crippen LogP contribution in [0.25, 0.3) is 0 Å². The molecular formula is C19H28N2O2. The molecule has 1 aromatic carbocycles. The van der Waals surface area contributed by atoms with Crippen LogP contribution < -0.4 is 10.2 Å². The van der Waals surface area contributed by atoms with Crippen molar-refractivity contribution in [1.82, 2.24) is 5.32 Å². The molecule has 3 rings (SSSR count). The van der Waals surface area contributed by atoms with Gasteiger partial charge in [-0.15, -0.1) is 0 Å². The molecule has 2 fully saturated rings. The molecule has 1 saturated carbocycles. The summed E-state index contributed by atoms with van der Waals surface area (Å²) in [5, 5.41) is 13.4. The van der Waals surface area contributed by atoms with Crippen LogP contribution in [-0.2, 0) is 11.3 Å². The minimum atomic E-state index is -0.767. The normalized spacial score (nSPS) is 20.5. The molecule has 0 spiro atoms. The number of anilines is 1. The third-order valence-electron chi connectivity index (χ3n) is 5.19. The largest absolute Gasteiger partial charge is 0.389 e. The Morgan fingerprint density at radius 3 is 2.52 bits per heavy atom. The predicted molar refractivity (Wildman–Crippen MR) is 92.4 cm³/mol. The molecule has 1 amide bonds. The second-order valence-electron chi connectivity index (χ2n) is 7.06. The topological polar surface area (TPSA) is 52.6 Å². The van der Waals surface area contributed by atoms with Crippen molar-refractivity contribution in [1.29, 1.82) is 0 Å². The standard InChI is InChI=1S/C19H28N2O2/c22-18(14-19(23)10-4-5-11-19)20-15-16-8-2-3-9-17(16)21-12-6-1-7-13-21/h2-3,8-9,23H,1,4-7,10-15H2,(H,20,22). The number of hydrogen-bond donors (Lipinski definition) is 2. The van der Waals surface area contributed by atoms with Crippen molar-refractivity contribution in [2.45, 2.75) is 63.5 Å². The summed E-state index contributed by atoms with van der Waals surface area (Å²) >= 11 is 0. The van der Waals surface area contributed by atoms with Crippen LogP contribution in [0.15, 0.2) is 24.3 Å². The van der Waals surface area contributed by atoms with Crippen LogP contribution in [-0.4, -0.2) is 29.7 Å². The summed E-state index contributed by atoms with van der Waals surface area (Å²) in [6, 6.07) is 8.34. The van der Waals surface area contributed by atoms with Crippen LogP contribution >= 0.6 is 0 Å². The van der Waals surface area contributed by atoms with Crippen LogP contribution in [0.1, 0.15) is 56.9 Å². The fourth-order valence-electron chi connectivity index (χ4n) is 3.87. The van der Waals surface area contributed by atoms with E-state index < -0.39 is 5.60 Å². The molecule has 1 saturated heterocycles. The van der Waals surface area contributed by atoms with Gasteiger partial charge in [-0.3, -0.25) is 4.79 Å². The van der Waals surface area contributed by atoms with Gasteiger partial charge < -0.3 is 15.3 Å². The highest BCUT2D eigenvalue weighted by atomic mass is 16.3. The van der Waals surface area contributed by atoms with Gasteiger partial charge in [0.1, 0.15) is 0 Å². The lowest BCUT2D eigenvalue weighted by atomic mass is 9.97. The lowest BCUT2D eigenvalue weighted by molar-refractivity contribution is -0.126. The molecule has 0 aromatic heterocycles. The summed E-state index contributed by atoms with van der Waals surface area (Å²) in [4.78, 5) is 14.6. The zero-order valence-electron chi connectivity index (χ0n) is 13.9. The Labute approximate surface area is 138 Å². The van der Waals surface area contributed by atoms with Gasteiger partial charge in [-0.05, 0) is 43.7 Å². The van der Waals surface area contributed by atoms with Gasteiger partial charge in [0.15, 0.2) is 0 Å². The molecule has 0 radical (unpaired) electrons. The maximum atomic E-state index is 12.2. The van der Waals surface area contributed by atoms with Crippen LogP contribution in [0, 0.1) is 0 Å². The van der Waals surface area contributed by atoms with E-state index in [1.54, 1.807) is 0 Å². The van der Waals surface area contributed by atoms with E-state index in [1.165, 1.54) is 30.5 Å². The lowest BCUT2D eigenvalue weighted by Gasteiger charge is -2.30. The molecule has 0 unspecified atom stereocenters. The van der Waals surface area contributed by atoms with Gasteiger partial charge in [0.2, 0.25) is 5.91 Å². The van der Waals surface area contributed by atoms with E-state index in [0.717, 1.165) is 38.8 Å². The number of amides is 1. The zero-order chi connectivity index (χ0) is 16.1. The number of nitrogens with zero attached hydrogens (tertiary/aromatic N) is 1. The SMILES string of the molecule is O=C(CC1(O)CCCC1)NCc1ccccc1N1CCCCC1. The summed E-state index contributed by atoms with van der Waals surface area (Å²) < 4.78 is 0. The number of para-hydroxylation sites is 1. The van der Waals surface area contributed by atoms with Gasteiger partial charge >= 0.3 is 0 Å². The van der Waals surface area contributed by atoms with Gasteiger partial charge in [0, 0.05) is 25.3 Å². The maximum Gasteiger partial charge on any atom is 0.223 e. The summed E-state index contributed by atoms with van der Waals surface area (Å²) in [6.45, 7) is 2.75. The molecule has 2 N–H and O–H groups in total. The average molecular weight is 316 g/mol. The molecule has 0 bridgehead atoms. The highest BCUT2D eigenvalue weighted by molar-refractivity contribution is 5.77. The predicted octanol–water partition coefficient (Wildman–Crippen LogP) is 2.99. The maximum absolute atomic E-state index is 12.2. The number of hydrogen-bond acceptors (Lipinski definition) is 3. The summed E-state index contributed by atoms with van der Waals surface area (Å²) in [5.74, 6) is -0.0390. The Kier molecular flexibility index (Phi) is 5.21. The minimum Gasteiger partial charge on any atom is -0.389 e. The van der Waals surface area contributed by atoms with E-state index >= 15 is 0 Å². The van der Waals surface area contributed by atoms with Crippen LogP contribution in [0.4, 0.5) is 5.69 Å². The molecule has 126 valence electrons. The summed E-state index contributed by atoms with van der Waals surface area (Å²) in [5.41, 5.74) is 1.64. The van der Waals surface area contributed by atoms with Crippen LogP contribution in [0.3, 0.4) is 0 Å². The first-order chi connectivity index (χ1) is 11.2.